The number of hydrogen-bond acceptors (Lipinski definition) is 4. The van der Waals surface area contributed by atoms with Crippen molar-refractivity contribution in [2.45, 2.75) is 32.3 Å². The summed E-state index contributed by atoms with van der Waals surface area (Å²) in [7, 11) is 0. The van der Waals surface area contributed by atoms with Crippen LogP contribution in [0.4, 0.5) is 0 Å². The predicted octanol–water partition coefficient (Wildman–Crippen LogP) is 2.38. The monoisotopic (exact) mass is 282 g/mol. The molecule has 3 nitrogen and oxygen atoms in total. The molecule has 0 aliphatic carbocycles. The minimum atomic E-state index is 0.463. The number of nitrogens with one attached hydrogen (secondary N) is 1. The fraction of sp³-hybridized carbons (Fsp3) is 0.733. The Kier molecular flexibility index (Phi) is 6.85. The molecule has 0 aromatic carbocycles. The number of likely N-dealkylation sites (tertiary alicyclic amines) is 1. The standard InChI is InChI=1S/C15H26N2OS/c1-2-18-14-5-3-10-17(13-14)11-9-16-8-7-15-6-4-12-19-15/h4,6,12,14,16H,2-3,5,7-11,13H2,1H3. The lowest BCUT2D eigenvalue weighted by atomic mass is 10.1. The van der Waals surface area contributed by atoms with E-state index in [-0.39, 0.29) is 0 Å². The molecule has 1 fully saturated rings. The van der Waals surface area contributed by atoms with Crippen LogP contribution >= 0.6 is 11.3 Å². The lowest BCUT2D eigenvalue weighted by Gasteiger charge is -2.32. The van der Waals surface area contributed by atoms with E-state index in [4.69, 9.17) is 4.74 Å². The molecule has 0 bridgehead atoms. The molecule has 1 saturated heterocycles. The molecule has 0 spiro atoms. The highest BCUT2D eigenvalue weighted by molar-refractivity contribution is 7.09. The quantitative estimate of drug-likeness (QED) is 0.741. The summed E-state index contributed by atoms with van der Waals surface area (Å²) < 4.78 is 5.73. The van der Waals surface area contributed by atoms with Crippen LogP contribution in [0.5, 0.6) is 0 Å². The molecule has 1 N–H and O–H groups in total. The zero-order chi connectivity index (χ0) is 13.3. The zero-order valence-electron chi connectivity index (χ0n) is 11.9. The minimum Gasteiger partial charge on any atom is -0.377 e. The maximum atomic E-state index is 5.73. The molecule has 2 heterocycles. The second-order valence-corrected chi connectivity index (χ2v) is 6.13. The van der Waals surface area contributed by atoms with E-state index in [0.717, 1.165) is 39.2 Å². The molecular formula is C15H26N2OS. The molecule has 1 unspecified atom stereocenters. The number of rotatable bonds is 8. The average Bonchev–Trinajstić information content (AvgIpc) is 2.92. The van der Waals surface area contributed by atoms with Gasteiger partial charge < -0.3 is 10.1 Å². The van der Waals surface area contributed by atoms with E-state index < -0.39 is 0 Å². The normalized spacial score (nSPS) is 20.8. The van der Waals surface area contributed by atoms with Gasteiger partial charge in [0.25, 0.3) is 0 Å². The summed E-state index contributed by atoms with van der Waals surface area (Å²) in [4.78, 5) is 4.00. The van der Waals surface area contributed by atoms with Crippen LogP contribution in [0.25, 0.3) is 0 Å². The van der Waals surface area contributed by atoms with E-state index >= 15 is 0 Å². The maximum absolute atomic E-state index is 5.73. The van der Waals surface area contributed by atoms with E-state index in [1.807, 2.05) is 11.3 Å². The van der Waals surface area contributed by atoms with Crippen molar-refractivity contribution in [3.63, 3.8) is 0 Å². The molecule has 2 rings (SSSR count). The molecule has 1 aliphatic rings. The van der Waals surface area contributed by atoms with Gasteiger partial charge >= 0.3 is 0 Å². The fourth-order valence-corrected chi connectivity index (χ4v) is 3.33. The van der Waals surface area contributed by atoms with Crippen molar-refractivity contribution in [1.29, 1.82) is 0 Å². The summed E-state index contributed by atoms with van der Waals surface area (Å²) in [5.41, 5.74) is 0. The Morgan fingerprint density at radius 3 is 3.21 bits per heavy atom. The van der Waals surface area contributed by atoms with Gasteiger partial charge in [0.05, 0.1) is 6.10 Å². The zero-order valence-corrected chi connectivity index (χ0v) is 12.8. The summed E-state index contributed by atoms with van der Waals surface area (Å²) in [6.45, 7) is 8.60. The van der Waals surface area contributed by atoms with Crippen LogP contribution in [-0.4, -0.2) is 50.3 Å². The van der Waals surface area contributed by atoms with Crippen molar-refractivity contribution in [1.82, 2.24) is 10.2 Å². The van der Waals surface area contributed by atoms with Crippen molar-refractivity contribution < 1.29 is 4.74 Å². The van der Waals surface area contributed by atoms with Crippen molar-refractivity contribution in [2.24, 2.45) is 0 Å². The second kappa shape index (κ2) is 8.69. The van der Waals surface area contributed by atoms with Crippen molar-refractivity contribution >= 4 is 11.3 Å². The number of nitrogens with zero attached hydrogens (tertiary/aromatic N) is 1. The number of piperidine rings is 1. The molecule has 1 aliphatic heterocycles. The Morgan fingerprint density at radius 2 is 2.42 bits per heavy atom. The smallest absolute Gasteiger partial charge is 0.0702 e. The molecule has 0 radical (unpaired) electrons. The summed E-state index contributed by atoms with van der Waals surface area (Å²) in [5.74, 6) is 0. The summed E-state index contributed by atoms with van der Waals surface area (Å²) in [6, 6.07) is 4.34. The van der Waals surface area contributed by atoms with Gasteiger partial charge in [-0.1, -0.05) is 6.07 Å². The third-order valence-electron chi connectivity index (χ3n) is 3.60. The highest BCUT2D eigenvalue weighted by Gasteiger charge is 2.19. The largest absolute Gasteiger partial charge is 0.377 e. The third-order valence-corrected chi connectivity index (χ3v) is 4.53. The van der Waals surface area contributed by atoms with Crippen LogP contribution < -0.4 is 5.32 Å². The van der Waals surface area contributed by atoms with Crippen molar-refractivity contribution in [3.8, 4) is 0 Å². The van der Waals surface area contributed by atoms with Gasteiger partial charge in [0.2, 0.25) is 0 Å². The van der Waals surface area contributed by atoms with Crippen LogP contribution in [0.2, 0.25) is 0 Å². The van der Waals surface area contributed by atoms with Gasteiger partial charge in [0.1, 0.15) is 0 Å². The number of ether oxygens (including phenoxy) is 1. The molecule has 0 saturated carbocycles. The molecule has 19 heavy (non-hydrogen) atoms. The molecule has 108 valence electrons. The topological polar surface area (TPSA) is 24.5 Å². The second-order valence-electron chi connectivity index (χ2n) is 5.10. The SMILES string of the molecule is CCOC1CCCN(CCNCCc2cccs2)C1. The van der Waals surface area contributed by atoms with Crippen molar-refractivity contribution in [2.75, 3.05) is 39.3 Å². The lowest BCUT2D eigenvalue weighted by Crippen LogP contribution is -2.42. The summed E-state index contributed by atoms with van der Waals surface area (Å²) in [6.07, 6.45) is 4.12. The molecule has 1 aromatic rings. The molecule has 1 aromatic heterocycles. The Morgan fingerprint density at radius 1 is 1.47 bits per heavy atom. The van der Waals surface area contributed by atoms with E-state index in [0.29, 0.717) is 6.10 Å². The van der Waals surface area contributed by atoms with Gasteiger partial charge in [0.15, 0.2) is 0 Å². The Hall–Kier alpha value is -0.420. The van der Waals surface area contributed by atoms with Crippen LogP contribution in [0.15, 0.2) is 17.5 Å². The van der Waals surface area contributed by atoms with Gasteiger partial charge in [-0.05, 0) is 44.2 Å². The van der Waals surface area contributed by atoms with Gasteiger partial charge in [-0.2, -0.15) is 0 Å². The third kappa shape index (κ3) is 5.61. The molecule has 4 heteroatoms. The predicted molar refractivity (Wildman–Crippen MR) is 82.0 cm³/mol. The van der Waals surface area contributed by atoms with E-state index in [9.17, 15) is 0 Å². The maximum Gasteiger partial charge on any atom is 0.0702 e. The minimum absolute atomic E-state index is 0.463. The van der Waals surface area contributed by atoms with Gasteiger partial charge in [0, 0.05) is 37.7 Å². The Bertz CT molecular complexity index is 327. The lowest BCUT2D eigenvalue weighted by molar-refractivity contribution is 0.00638. The van der Waals surface area contributed by atoms with Crippen LogP contribution in [-0.2, 0) is 11.2 Å². The first-order valence-corrected chi connectivity index (χ1v) is 8.33. The van der Waals surface area contributed by atoms with Gasteiger partial charge in [-0.25, -0.2) is 0 Å². The summed E-state index contributed by atoms with van der Waals surface area (Å²) in [5, 5.41) is 5.69. The number of hydrogen-bond donors (Lipinski definition) is 1. The average molecular weight is 282 g/mol. The molecule has 1 atom stereocenters. The molecule has 0 amide bonds. The van der Waals surface area contributed by atoms with E-state index in [1.54, 1.807) is 0 Å². The first-order chi connectivity index (χ1) is 9.38. The number of thiophene rings is 1. The van der Waals surface area contributed by atoms with Gasteiger partial charge in [-0.3, -0.25) is 4.90 Å². The molecular weight excluding hydrogens is 256 g/mol. The van der Waals surface area contributed by atoms with E-state index in [1.165, 1.54) is 24.3 Å². The van der Waals surface area contributed by atoms with Crippen LogP contribution in [0.1, 0.15) is 24.6 Å². The summed E-state index contributed by atoms with van der Waals surface area (Å²) >= 11 is 1.85. The Balaban J connectivity index is 1.52. The van der Waals surface area contributed by atoms with E-state index in [2.05, 4.69) is 34.7 Å². The van der Waals surface area contributed by atoms with Gasteiger partial charge in [-0.15, -0.1) is 11.3 Å². The fourth-order valence-electron chi connectivity index (χ4n) is 2.62. The van der Waals surface area contributed by atoms with Crippen LogP contribution in [0, 0.1) is 0 Å². The highest BCUT2D eigenvalue weighted by Crippen LogP contribution is 2.12. The Labute approximate surface area is 121 Å². The first-order valence-electron chi connectivity index (χ1n) is 7.45. The van der Waals surface area contributed by atoms with Crippen molar-refractivity contribution in [3.05, 3.63) is 22.4 Å². The van der Waals surface area contributed by atoms with Crippen LogP contribution in [0.3, 0.4) is 0 Å². The first kappa shape index (κ1) is 15.0. The highest BCUT2D eigenvalue weighted by atomic mass is 32.1.